The molecule has 0 aromatic carbocycles. The normalized spacial score (nSPS) is 8.82. The first-order valence-corrected chi connectivity index (χ1v) is 3.26. The highest BCUT2D eigenvalue weighted by molar-refractivity contribution is 7.78. The van der Waals surface area contributed by atoms with Gasteiger partial charge >= 0.3 is 5.91 Å². The summed E-state index contributed by atoms with van der Waals surface area (Å²) in [6, 6.07) is 1.57. The largest absolute Gasteiger partial charge is 0.306 e. The molecule has 11 heavy (non-hydrogen) atoms. The summed E-state index contributed by atoms with van der Waals surface area (Å²) in [5.41, 5.74) is 0.282. The molecule has 1 rings (SSSR count). The summed E-state index contributed by atoms with van der Waals surface area (Å²) in [6.45, 7) is 0. The minimum absolute atomic E-state index is 0.282. The Kier molecular flexibility index (Phi) is 2.25. The van der Waals surface area contributed by atoms with Crippen molar-refractivity contribution in [3.63, 3.8) is 0 Å². The Morgan fingerprint density at radius 2 is 2.64 bits per heavy atom. The van der Waals surface area contributed by atoms with E-state index in [0.29, 0.717) is 0 Å². The van der Waals surface area contributed by atoms with Crippen molar-refractivity contribution in [2.45, 2.75) is 0 Å². The van der Waals surface area contributed by atoms with Gasteiger partial charge in [0.05, 0.1) is 5.16 Å². The molecule has 0 atom stereocenters. The van der Waals surface area contributed by atoms with Crippen LogP contribution in [0.2, 0.25) is 0 Å². The molecule has 0 N–H and O–H groups in total. The maximum Gasteiger partial charge on any atom is 0.306 e. The fourth-order valence-corrected chi connectivity index (χ4v) is 0.711. The van der Waals surface area contributed by atoms with Crippen molar-refractivity contribution in [1.29, 1.82) is 0 Å². The SMILES string of the molecule is Cn1ccc(C(=O)N=C=S)n1. The van der Waals surface area contributed by atoms with E-state index in [4.69, 9.17) is 0 Å². The number of amides is 1. The fourth-order valence-electron chi connectivity index (χ4n) is 0.628. The predicted molar refractivity (Wildman–Crippen MR) is 42.6 cm³/mol. The fraction of sp³-hybridized carbons (Fsp3) is 0.167. The van der Waals surface area contributed by atoms with Crippen molar-refractivity contribution in [3.05, 3.63) is 18.0 Å². The van der Waals surface area contributed by atoms with Crippen molar-refractivity contribution in [3.8, 4) is 0 Å². The molecule has 0 aliphatic heterocycles. The zero-order chi connectivity index (χ0) is 8.27. The molecule has 0 radical (unpaired) electrons. The zero-order valence-corrected chi connectivity index (χ0v) is 6.63. The van der Waals surface area contributed by atoms with E-state index in [1.807, 2.05) is 5.16 Å². The lowest BCUT2D eigenvalue weighted by molar-refractivity contribution is 0.0998. The van der Waals surface area contributed by atoms with Gasteiger partial charge in [-0.05, 0) is 18.3 Å². The first-order chi connectivity index (χ1) is 5.24. The molecule has 4 nitrogen and oxygen atoms in total. The van der Waals surface area contributed by atoms with Crippen LogP contribution in [0.4, 0.5) is 0 Å². The molecule has 1 aromatic heterocycles. The van der Waals surface area contributed by atoms with Gasteiger partial charge in [0.2, 0.25) is 0 Å². The van der Waals surface area contributed by atoms with Gasteiger partial charge in [-0.2, -0.15) is 10.1 Å². The Morgan fingerprint density at radius 3 is 3.09 bits per heavy atom. The van der Waals surface area contributed by atoms with E-state index in [1.165, 1.54) is 4.68 Å². The number of thiocarbonyl (C=S) groups is 1. The molecular formula is C6H5N3OS. The van der Waals surface area contributed by atoms with Gasteiger partial charge in [0.25, 0.3) is 0 Å². The summed E-state index contributed by atoms with van der Waals surface area (Å²) in [4.78, 5) is 14.1. The molecule has 0 bridgehead atoms. The van der Waals surface area contributed by atoms with Crippen LogP contribution < -0.4 is 0 Å². The van der Waals surface area contributed by atoms with Gasteiger partial charge in [0.15, 0.2) is 5.69 Å². The highest BCUT2D eigenvalue weighted by Crippen LogP contribution is 1.95. The molecule has 5 heteroatoms. The van der Waals surface area contributed by atoms with Gasteiger partial charge in [-0.1, -0.05) is 0 Å². The smallest absolute Gasteiger partial charge is 0.275 e. The molecule has 0 aliphatic carbocycles. The van der Waals surface area contributed by atoms with Gasteiger partial charge in [-0.3, -0.25) is 9.48 Å². The maximum atomic E-state index is 10.9. The Bertz CT molecular complexity index is 324. The van der Waals surface area contributed by atoms with E-state index in [-0.39, 0.29) is 5.69 Å². The second-order valence-electron chi connectivity index (χ2n) is 1.88. The summed E-state index contributed by atoms with van der Waals surface area (Å²) in [7, 11) is 1.72. The Hall–Kier alpha value is -1.32. The minimum Gasteiger partial charge on any atom is -0.275 e. The van der Waals surface area contributed by atoms with E-state index in [1.54, 1.807) is 19.3 Å². The van der Waals surface area contributed by atoms with E-state index in [0.717, 1.165) is 0 Å². The minimum atomic E-state index is -0.458. The molecule has 0 saturated heterocycles. The van der Waals surface area contributed by atoms with Crippen LogP contribution in [0.3, 0.4) is 0 Å². The topological polar surface area (TPSA) is 47.2 Å². The number of carbonyl (C=O) groups is 1. The summed E-state index contributed by atoms with van der Waals surface area (Å²) in [6.07, 6.45) is 1.66. The van der Waals surface area contributed by atoms with E-state index >= 15 is 0 Å². The van der Waals surface area contributed by atoms with Gasteiger partial charge in [0.1, 0.15) is 0 Å². The molecule has 1 amide bonds. The number of aromatic nitrogens is 2. The van der Waals surface area contributed by atoms with Crippen molar-refractivity contribution < 1.29 is 4.79 Å². The lowest BCUT2D eigenvalue weighted by Gasteiger charge is -1.83. The summed E-state index contributed by atoms with van der Waals surface area (Å²) >= 11 is 4.26. The molecule has 1 aromatic rings. The third kappa shape index (κ3) is 1.80. The number of hydrogen-bond acceptors (Lipinski definition) is 3. The average Bonchev–Trinajstić information content (AvgIpc) is 2.36. The van der Waals surface area contributed by atoms with Crippen LogP contribution >= 0.6 is 12.2 Å². The first-order valence-electron chi connectivity index (χ1n) is 2.86. The maximum absolute atomic E-state index is 10.9. The lowest BCUT2D eigenvalue weighted by Crippen LogP contribution is -1.97. The van der Waals surface area contributed by atoms with Gasteiger partial charge < -0.3 is 0 Å². The monoisotopic (exact) mass is 167 g/mol. The van der Waals surface area contributed by atoms with Crippen molar-refractivity contribution in [2.24, 2.45) is 12.0 Å². The van der Waals surface area contributed by atoms with Crippen LogP contribution in [0.1, 0.15) is 10.5 Å². The molecule has 0 saturated carbocycles. The number of aryl methyl sites for hydroxylation is 1. The predicted octanol–water partition coefficient (Wildman–Crippen LogP) is 0.663. The number of rotatable bonds is 1. The molecular weight excluding hydrogens is 162 g/mol. The van der Waals surface area contributed by atoms with Gasteiger partial charge in [-0.15, -0.1) is 0 Å². The van der Waals surface area contributed by atoms with Crippen LogP contribution in [0, 0.1) is 0 Å². The highest BCUT2D eigenvalue weighted by Gasteiger charge is 2.04. The van der Waals surface area contributed by atoms with Gasteiger partial charge in [0, 0.05) is 13.2 Å². The summed E-state index contributed by atoms with van der Waals surface area (Å²) < 4.78 is 1.52. The van der Waals surface area contributed by atoms with Gasteiger partial charge in [-0.25, -0.2) is 0 Å². The van der Waals surface area contributed by atoms with Crippen molar-refractivity contribution in [1.82, 2.24) is 9.78 Å². The van der Waals surface area contributed by atoms with Crippen LogP contribution in [-0.2, 0) is 7.05 Å². The number of carbonyl (C=O) groups excluding carboxylic acids is 1. The molecule has 0 fully saturated rings. The van der Waals surface area contributed by atoms with Crippen LogP contribution in [0.25, 0.3) is 0 Å². The third-order valence-corrected chi connectivity index (χ3v) is 1.17. The Morgan fingerprint density at radius 1 is 1.91 bits per heavy atom. The first kappa shape index (κ1) is 7.78. The number of hydrogen-bond donors (Lipinski definition) is 0. The standard InChI is InChI=1S/C6H5N3OS/c1-9-3-2-5(8-9)6(10)7-4-11/h2-3H,1H3. The van der Waals surface area contributed by atoms with Crippen LogP contribution in [-0.4, -0.2) is 20.8 Å². The van der Waals surface area contributed by atoms with Crippen molar-refractivity contribution >= 4 is 23.3 Å². The Labute approximate surface area is 68.5 Å². The second-order valence-corrected chi connectivity index (χ2v) is 2.07. The average molecular weight is 167 g/mol. The van der Waals surface area contributed by atoms with E-state index in [2.05, 4.69) is 22.3 Å². The number of nitrogens with zero attached hydrogens (tertiary/aromatic N) is 3. The number of isothiocyanates is 1. The second kappa shape index (κ2) is 3.18. The summed E-state index contributed by atoms with van der Waals surface area (Å²) in [5.74, 6) is -0.458. The van der Waals surface area contributed by atoms with Crippen molar-refractivity contribution in [2.75, 3.05) is 0 Å². The highest BCUT2D eigenvalue weighted by atomic mass is 32.1. The zero-order valence-electron chi connectivity index (χ0n) is 5.81. The molecule has 0 unspecified atom stereocenters. The van der Waals surface area contributed by atoms with Crippen LogP contribution in [0.15, 0.2) is 17.3 Å². The molecule has 0 spiro atoms. The van der Waals surface area contributed by atoms with E-state index < -0.39 is 5.91 Å². The molecule has 1 heterocycles. The molecule has 56 valence electrons. The number of aliphatic imine (C=N–C) groups is 1. The summed E-state index contributed by atoms with van der Waals surface area (Å²) in [5, 5.41) is 5.80. The van der Waals surface area contributed by atoms with Crippen LogP contribution in [0.5, 0.6) is 0 Å². The van der Waals surface area contributed by atoms with E-state index in [9.17, 15) is 4.79 Å². The molecule has 0 aliphatic rings. The Balaban J connectivity index is 2.93. The third-order valence-electron chi connectivity index (χ3n) is 1.08. The quantitative estimate of drug-likeness (QED) is 0.456. The lowest BCUT2D eigenvalue weighted by atomic mass is 10.4.